The monoisotopic (exact) mass is 539 g/mol. The first-order valence-electron chi connectivity index (χ1n) is 8.95. The number of hydrogen-bond acceptors (Lipinski definition) is 5. The fourth-order valence-corrected chi connectivity index (χ4v) is 5.06. The minimum Gasteiger partial charge on any atom is -0.492 e. The molecule has 29 heavy (non-hydrogen) atoms. The van der Waals surface area contributed by atoms with Gasteiger partial charge in [0.15, 0.2) is 0 Å². The van der Waals surface area contributed by atoms with Crippen LogP contribution in [-0.2, 0) is 4.79 Å². The van der Waals surface area contributed by atoms with Gasteiger partial charge in [-0.2, -0.15) is 0 Å². The minimum absolute atomic E-state index is 0.201. The van der Waals surface area contributed by atoms with Crippen molar-refractivity contribution in [3.8, 4) is 11.5 Å². The van der Waals surface area contributed by atoms with Gasteiger partial charge in [0.05, 0.1) is 27.0 Å². The van der Waals surface area contributed by atoms with Crippen LogP contribution in [0.4, 0.5) is 4.79 Å². The quantitative estimate of drug-likeness (QED) is 0.401. The van der Waals surface area contributed by atoms with Crippen molar-refractivity contribution < 1.29 is 19.1 Å². The Hall–Kier alpha value is -1.77. The highest BCUT2D eigenvalue weighted by Gasteiger charge is 2.34. The van der Waals surface area contributed by atoms with Crippen molar-refractivity contribution in [2.45, 2.75) is 13.8 Å². The fraction of sp³-hybridized carbons (Fsp3) is 0.238. The summed E-state index contributed by atoms with van der Waals surface area (Å²) in [4.78, 5) is 26.6. The summed E-state index contributed by atoms with van der Waals surface area (Å²) in [5, 5.41) is -0.293. The summed E-state index contributed by atoms with van der Waals surface area (Å²) >= 11 is 7.89. The molecule has 8 heteroatoms. The van der Waals surface area contributed by atoms with Gasteiger partial charge in [0.1, 0.15) is 18.1 Å². The van der Waals surface area contributed by atoms with Gasteiger partial charge in [-0.3, -0.25) is 14.5 Å². The van der Waals surface area contributed by atoms with Crippen molar-refractivity contribution in [3.05, 3.63) is 61.4 Å². The second-order valence-corrected chi connectivity index (χ2v) is 8.95. The summed E-state index contributed by atoms with van der Waals surface area (Å²) in [5.74, 6) is 1.11. The Labute approximate surface area is 190 Å². The Morgan fingerprint density at radius 2 is 1.83 bits per heavy atom. The Morgan fingerprint density at radius 1 is 1.10 bits per heavy atom. The Balaban J connectivity index is 1.68. The number of rotatable bonds is 7. The summed E-state index contributed by atoms with van der Waals surface area (Å²) in [5.41, 5.74) is 1.87. The number of ether oxygens (including phenoxy) is 2. The van der Waals surface area contributed by atoms with Gasteiger partial charge >= 0.3 is 0 Å². The molecule has 0 unspecified atom stereocenters. The molecule has 0 saturated carbocycles. The number of nitrogens with zero attached hydrogens (tertiary/aromatic N) is 1. The van der Waals surface area contributed by atoms with Gasteiger partial charge < -0.3 is 9.47 Å². The van der Waals surface area contributed by atoms with E-state index in [0.717, 1.165) is 37.6 Å². The van der Waals surface area contributed by atoms with Gasteiger partial charge in [0.2, 0.25) is 0 Å². The molecule has 0 aromatic heterocycles. The molecule has 1 aliphatic rings. The maximum absolute atomic E-state index is 12.7. The second kappa shape index (κ2) is 9.82. The summed E-state index contributed by atoms with van der Waals surface area (Å²) < 4.78 is 12.8. The number of hydrogen-bond donors (Lipinski definition) is 0. The average molecular weight is 541 g/mol. The molecule has 0 bridgehead atoms. The van der Waals surface area contributed by atoms with Crippen molar-refractivity contribution in [2.24, 2.45) is 0 Å². The topological polar surface area (TPSA) is 55.8 Å². The number of thioether (sulfide) groups is 1. The zero-order valence-electron chi connectivity index (χ0n) is 15.9. The molecular weight excluding hydrogens is 522 g/mol. The Kier molecular flexibility index (Phi) is 7.43. The fourth-order valence-electron chi connectivity index (χ4n) is 2.75. The highest BCUT2D eigenvalue weighted by Crippen LogP contribution is 2.37. The lowest BCUT2D eigenvalue weighted by Gasteiger charge is -2.13. The van der Waals surface area contributed by atoms with E-state index < -0.39 is 0 Å². The standard InChI is InChI=1S/C21H19Br2NO4S/c1-3-27-19-16(22)10-14(11-17(19)23)12-18-20(25)24(21(26)29-18)7-8-28-15-6-4-5-13(2)9-15/h4-6,9-12H,3,7-8H2,1-2H3/b18-12-. The number of carbonyl (C=O) groups excluding carboxylic acids is 2. The summed E-state index contributed by atoms with van der Waals surface area (Å²) in [6, 6.07) is 11.3. The highest BCUT2D eigenvalue weighted by molar-refractivity contribution is 9.11. The van der Waals surface area contributed by atoms with Crippen LogP contribution in [0.2, 0.25) is 0 Å². The molecular formula is C21H19Br2NO4S. The third-order valence-electron chi connectivity index (χ3n) is 4.05. The molecule has 2 aromatic carbocycles. The lowest BCUT2D eigenvalue weighted by Crippen LogP contribution is -2.32. The van der Waals surface area contributed by atoms with E-state index in [1.54, 1.807) is 6.08 Å². The number of aryl methyl sites for hydroxylation is 1. The number of benzene rings is 2. The highest BCUT2D eigenvalue weighted by atomic mass is 79.9. The SMILES string of the molecule is CCOc1c(Br)cc(/C=C2\SC(=O)N(CCOc3cccc(C)c3)C2=O)cc1Br. The van der Waals surface area contributed by atoms with Gasteiger partial charge in [-0.25, -0.2) is 0 Å². The predicted octanol–water partition coefficient (Wildman–Crippen LogP) is 6.03. The molecule has 3 rings (SSSR count). The molecule has 1 aliphatic heterocycles. The first-order valence-corrected chi connectivity index (χ1v) is 11.4. The van der Waals surface area contributed by atoms with Crippen molar-refractivity contribution in [1.29, 1.82) is 0 Å². The van der Waals surface area contributed by atoms with Crippen LogP contribution in [0.5, 0.6) is 11.5 Å². The Morgan fingerprint density at radius 3 is 2.48 bits per heavy atom. The number of imide groups is 1. The van der Waals surface area contributed by atoms with E-state index in [2.05, 4.69) is 31.9 Å². The van der Waals surface area contributed by atoms with Crippen molar-refractivity contribution >= 4 is 60.8 Å². The third-order valence-corrected chi connectivity index (χ3v) is 6.14. The number of carbonyl (C=O) groups is 2. The summed E-state index contributed by atoms with van der Waals surface area (Å²) in [6.07, 6.45) is 1.71. The summed E-state index contributed by atoms with van der Waals surface area (Å²) in [7, 11) is 0. The van der Waals surface area contributed by atoms with Gasteiger partial charge in [0.25, 0.3) is 11.1 Å². The molecule has 0 atom stereocenters. The van der Waals surface area contributed by atoms with Crippen molar-refractivity contribution in [1.82, 2.24) is 4.90 Å². The van der Waals surface area contributed by atoms with Crippen LogP contribution in [0.25, 0.3) is 6.08 Å². The third kappa shape index (κ3) is 5.43. The normalized spacial score (nSPS) is 15.3. The van der Waals surface area contributed by atoms with Crippen LogP contribution < -0.4 is 9.47 Å². The minimum atomic E-state index is -0.311. The molecule has 5 nitrogen and oxygen atoms in total. The van der Waals surface area contributed by atoms with Gasteiger partial charge in [0, 0.05) is 0 Å². The van der Waals surface area contributed by atoms with Gasteiger partial charge in [-0.1, -0.05) is 12.1 Å². The van der Waals surface area contributed by atoms with Crippen LogP contribution in [0, 0.1) is 6.92 Å². The average Bonchev–Trinajstić information content (AvgIpc) is 2.92. The van der Waals surface area contributed by atoms with Crippen LogP contribution >= 0.6 is 43.6 Å². The largest absolute Gasteiger partial charge is 0.492 e. The van der Waals surface area contributed by atoms with Crippen LogP contribution in [0.15, 0.2) is 50.2 Å². The predicted molar refractivity (Wildman–Crippen MR) is 122 cm³/mol. The molecule has 2 aromatic rings. The maximum atomic E-state index is 12.7. The molecule has 0 N–H and O–H groups in total. The van der Waals surface area contributed by atoms with Crippen molar-refractivity contribution in [3.63, 3.8) is 0 Å². The van der Waals surface area contributed by atoms with E-state index in [1.807, 2.05) is 50.2 Å². The first kappa shape index (κ1) is 21.9. The molecule has 0 spiro atoms. The zero-order valence-corrected chi connectivity index (χ0v) is 19.9. The lowest BCUT2D eigenvalue weighted by molar-refractivity contribution is -0.123. The molecule has 2 amide bonds. The van der Waals surface area contributed by atoms with E-state index in [4.69, 9.17) is 9.47 Å². The second-order valence-electron chi connectivity index (χ2n) is 6.25. The molecule has 1 saturated heterocycles. The molecule has 0 radical (unpaired) electrons. The lowest BCUT2D eigenvalue weighted by atomic mass is 10.2. The molecule has 1 heterocycles. The van der Waals surface area contributed by atoms with E-state index in [0.29, 0.717) is 17.3 Å². The van der Waals surface area contributed by atoms with E-state index in [-0.39, 0.29) is 24.3 Å². The van der Waals surface area contributed by atoms with Crippen molar-refractivity contribution in [2.75, 3.05) is 19.8 Å². The first-order chi connectivity index (χ1) is 13.9. The van der Waals surface area contributed by atoms with Crippen LogP contribution in [0.1, 0.15) is 18.1 Å². The van der Waals surface area contributed by atoms with E-state index in [1.165, 1.54) is 4.90 Å². The molecule has 0 aliphatic carbocycles. The smallest absolute Gasteiger partial charge is 0.293 e. The van der Waals surface area contributed by atoms with Gasteiger partial charge in [-0.05, 0) is 98.9 Å². The number of halogens is 2. The zero-order chi connectivity index (χ0) is 21.0. The van der Waals surface area contributed by atoms with Gasteiger partial charge in [-0.15, -0.1) is 0 Å². The molecule has 1 fully saturated rings. The maximum Gasteiger partial charge on any atom is 0.293 e. The van der Waals surface area contributed by atoms with E-state index in [9.17, 15) is 9.59 Å². The van der Waals surface area contributed by atoms with E-state index >= 15 is 0 Å². The van der Waals surface area contributed by atoms with Crippen LogP contribution in [-0.4, -0.2) is 35.8 Å². The number of amides is 2. The van der Waals surface area contributed by atoms with Crippen LogP contribution in [0.3, 0.4) is 0 Å². The summed E-state index contributed by atoms with van der Waals surface area (Å²) in [6.45, 7) is 4.87. The molecule has 152 valence electrons. The Bertz CT molecular complexity index is 954.